The molecular weight excluding hydrogens is 274 g/mol. The van der Waals surface area contributed by atoms with E-state index in [4.69, 9.17) is 16.9 Å². The van der Waals surface area contributed by atoms with Crippen molar-refractivity contribution in [2.75, 3.05) is 0 Å². The number of nitrogens with zero attached hydrogens (tertiary/aromatic N) is 1. The molecule has 0 saturated carbocycles. The number of rotatable bonds is 3. The van der Waals surface area contributed by atoms with Crippen LogP contribution in [0, 0.1) is 11.3 Å². The van der Waals surface area contributed by atoms with Gasteiger partial charge in [-0.2, -0.15) is 5.26 Å². The van der Waals surface area contributed by atoms with Gasteiger partial charge in [-0.3, -0.25) is 0 Å². The SMILES string of the molecule is C[C@H](Cc1cc(Cl)c(O)c(C#N)c1)c1ccc(O)cc1. The first-order valence-corrected chi connectivity index (χ1v) is 6.59. The number of aromatic hydroxyl groups is 2. The highest BCUT2D eigenvalue weighted by molar-refractivity contribution is 6.32. The van der Waals surface area contributed by atoms with E-state index in [1.54, 1.807) is 24.3 Å². The maximum Gasteiger partial charge on any atom is 0.151 e. The molecule has 4 heteroatoms. The Morgan fingerprint density at radius 3 is 2.45 bits per heavy atom. The largest absolute Gasteiger partial charge is 0.508 e. The standard InChI is InChI=1S/C16H14ClNO2/c1-10(12-2-4-14(19)5-3-12)6-11-7-13(9-18)16(20)15(17)8-11/h2-5,7-8,10,19-20H,6H2,1H3/t10-/m1/s1. The van der Waals surface area contributed by atoms with E-state index < -0.39 is 0 Å². The molecule has 3 nitrogen and oxygen atoms in total. The summed E-state index contributed by atoms with van der Waals surface area (Å²) in [6.07, 6.45) is 0.694. The molecule has 0 amide bonds. The first kappa shape index (κ1) is 14.2. The Hall–Kier alpha value is -2.18. The van der Waals surface area contributed by atoms with E-state index in [1.165, 1.54) is 0 Å². The molecule has 0 fully saturated rings. The Balaban J connectivity index is 2.24. The molecular formula is C16H14ClNO2. The second kappa shape index (κ2) is 5.85. The molecule has 102 valence electrons. The second-order valence-corrected chi connectivity index (χ2v) is 5.19. The Morgan fingerprint density at radius 2 is 1.85 bits per heavy atom. The van der Waals surface area contributed by atoms with Gasteiger partial charge in [-0.15, -0.1) is 0 Å². The van der Waals surface area contributed by atoms with E-state index in [0.717, 1.165) is 11.1 Å². The molecule has 1 atom stereocenters. The maximum absolute atomic E-state index is 9.62. The van der Waals surface area contributed by atoms with Crippen LogP contribution in [0.15, 0.2) is 36.4 Å². The van der Waals surface area contributed by atoms with Gasteiger partial charge < -0.3 is 10.2 Å². The van der Waals surface area contributed by atoms with Crippen molar-refractivity contribution in [3.05, 3.63) is 58.1 Å². The van der Waals surface area contributed by atoms with Gasteiger partial charge in [0.05, 0.1) is 10.6 Å². The summed E-state index contributed by atoms with van der Waals surface area (Å²) < 4.78 is 0. The van der Waals surface area contributed by atoms with Crippen molar-refractivity contribution >= 4 is 11.6 Å². The van der Waals surface area contributed by atoms with Crippen LogP contribution in [0.2, 0.25) is 5.02 Å². The Bertz CT molecular complexity index is 659. The van der Waals surface area contributed by atoms with Crippen molar-refractivity contribution in [1.82, 2.24) is 0 Å². The molecule has 2 rings (SSSR count). The zero-order valence-corrected chi connectivity index (χ0v) is 11.7. The van der Waals surface area contributed by atoms with Gasteiger partial charge in [0.2, 0.25) is 0 Å². The van der Waals surface area contributed by atoms with Crippen LogP contribution in [0.1, 0.15) is 29.5 Å². The van der Waals surface area contributed by atoms with E-state index in [-0.39, 0.29) is 28.0 Å². The number of phenolic OH excluding ortho intramolecular Hbond substituents is 2. The molecule has 0 heterocycles. The summed E-state index contributed by atoms with van der Waals surface area (Å²) >= 11 is 5.91. The number of hydrogen-bond donors (Lipinski definition) is 2. The van der Waals surface area contributed by atoms with Gasteiger partial charge in [-0.1, -0.05) is 30.7 Å². The Kier molecular flexibility index (Phi) is 4.16. The molecule has 2 aromatic rings. The quantitative estimate of drug-likeness (QED) is 0.898. The van der Waals surface area contributed by atoms with Crippen LogP contribution in [0.3, 0.4) is 0 Å². The maximum atomic E-state index is 9.62. The summed E-state index contributed by atoms with van der Waals surface area (Å²) in [5.74, 6) is 0.276. The summed E-state index contributed by atoms with van der Waals surface area (Å²) in [6.45, 7) is 2.05. The third-order valence-electron chi connectivity index (χ3n) is 3.25. The van der Waals surface area contributed by atoms with E-state index in [2.05, 4.69) is 6.92 Å². The Morgan fingerprint density at radius 1 is 1.20 bits per heavy atom. The molecule has 0 aliphatic rings. The second-order valence-electron chi connectivity index (χ2n) is 4.78. The molecule has 0 aliphatic carbocycles. The molecule has 2 aromatic carbocycles. The van der Waals surface area contributed by atoms with E-state index in [9.17, 15) is 10.2 Å². The first-order chi connectivity index (χ1) is 9.51. The monoisotopic (exact) mass is 287 g/mol. The van der Waals surface area contributed by atoms with Crippen LogP contribution in [0.5, 0.6) is 11.5 Å². The summed E-state index contributed by atoms with van der Waals surface area (Å²) in [6, 6.07) is 12.3. The molecule has 0 unspecified atom stereocenters. The van der Waals surface area contributed by atoms with Crippen molar-refractivity contribution in [3.63, 3.8) is 0 Å². The molecule has 20 heavy (non-hydrogen) atoms. The van der Waals surface area contributed by atoms with Crippen LogP contribution < -0.4 is 0 Å². The lowest BCUT2D eigenvalue weighted by atomic mass is 9.93. The lowest BCUT2D eigenvalue weighted by molar-refractivity contribution is 0.473. The van der Waals surface area contributed by atoms with Crippen molar-refractivity contribution in [1.29, 1.82) is 5.26 Å². The molecule has 0 aliphatic heterocycles. The molecule has 0 bridgehead atoms. The molecule has 0 saturated heterocycles. The van der Waals surface area contributed by atoms with Crippen LogP contribution in [0.25, 0.3) is 0 Å². The molecule has 0 spiro atoms. The lowest BCUT2D eigenvalue weighted by Crippen LogP contribution is -1.99. The van der Waals surface area contributed by atoms with Gasteiger partial charge in [0, 0.05) is 0 Å². The van der Waals surface area contributed by atoms with Crippen molar-refractivity contribution in [3.8, 4) is 17.6 Å². The zero-order valence-electron chi connectivity index (χ0n) is 11.0. The number of phenols is 2. The van der Waals surface area contributed by atoms with Gasteiger partial charge in [0.25, 0.3) is 0 Å². The van der Waals surface area contributed by atoms with Gasteiger partial charge >= 0.3 is 0 Å². The fourth-order valence-electron chi connectivity index (χ4n) is 2.13. The molecule has 2 N–H and O–H groups in total. The van der Waals surface area contributed by atoms with Crippen molar-refractivity contribution < 1.29 is 10.2 Å². The normalized spacial score (nSPS) is 11.8. The summed E-state index contributed by atoms with van der Waals surface area (Å²) in [7, 11) is 0. The highest BCUT2D eigenvalue weighted by atomic mass is 35.5. The van der Waals surface area contributed by atoms with Gasteiger partial charge in [0.1, 0.15) is 11.8 Å². The third-order valence-corrected chi connectivity index (χ3v) is 3.54. The number of nitriles is 1. The number of halogens is 1. The highest BCUT2D eigenvalue weighted by Crippen LogP contribution is 2.31. The van der Waals surface area contributed by atoms with Crippen LogP contribution in [0.4, 0.5) is 0 Å². The van der Waals surface area contributed by atoms with Crippen LogP contribution >= 0.6 is 11.6 Å². The average Bonchev–Trinajstić information content (AvgIpc) is 2.43. The fraction of sp³-hybridized carbons (Fsp3) is 0.188. The zero-order chi connectivity index (χ0) is 14.7. The smallest absolute Gasteiger partial charge is 0.151 e. The summed E-state index contributed by atoms with van der Waals surface area (Å²) in [5, 5.41) is 28.0. The topological polar surface area (TPSA) is 64.2 Å². The van der Waals surface area contributed by atoms with E-state index in [1.807, 2.05) is 18.2 Å². The van der Waals surface area contributed by atoms with Crippen molar-refractivity contribution in [2.45, 2.75) is 19.3 Å². The predicted octanol–water partition coefficient (Wildman–Crippen LogP) is 3.97. The molecule has 0 radical (unpaired) electrons. The minimum absolute atomic E-state index is 0.171. The van der Waals surface area contributed by atoms with Crippen LogP contribution in [-0.2, 0) is 6.42 Å². The minimum Gasteiger partial charge on any atom is -0.508 e. The van der Waals surface area contributed by atoms with Gasteiger partial charge in [-0.05, 0) is 47.7 Å². The minimum atomic E-state index is -0.171. The molecule has 0 aromatic heterocycles. The third kappa shape index (κ3) is 3.04. The summed E-state index contributed by atoms with van der Waals surface area (Å²) in [4.78, 5) is 0. The Labute approximate surface area is 122 Å². The predicted molar refractivity (Wildman–Crippen MR) is 78.1 cm³/mol. The van der Waals surface area contributed by atoms with Gasteiger partial charge in [-0.25, -0.2) is 0 Å². The highest BCUT2D eigenvalue weighted by Gasteiger charge is 2.12. The average molecular weight is 288 g/mol. The van der Waals surface area contributed by atoms with Crippen LogP contribution in [-0.4, -0.2) is 10.2 Å². The number of benzene rings is 2. The van der Waals surface area contributed by atoms with Crippen molar-refractivity contribution in [2.24, 2.45) is 0 Å². The first-order valence-electron chi connectivity index (χ1n) is 6.21. The summed E-state index contributed by atoms with van der Waals surface area (Å²) in [5.41, 5.74) is 2.17. The lowest BCUT2D eigenvalue weighted by Gasteiger charge is -2.13. The van der Waals surface area contributed by atoms with Gasteiger partial charge in [0.15, 0.2) is 5.75 Å². The number of hydrogen-bond acceptors (Lipinski definition) is 3. The van der Waals surface area contributed by atoms with E-state index >= 15 is 0 Å². The van der Waals surface area contributed by atoms with E-state index in [0.29, 0.717) is 6.42 Å². The fourth-order valence-corrected chi connectivity index (χ4v) is 2.37.